The van der Waals surface area contributed by atoms with E-state index in [0.717, 1.165) is 5.69 Å². The number of hydrazone groups is 1. The van der Waals surface area contributed by atoms with Gasteiger partial charge in [0, 0.05) is 0 Å². The molecule has 1 N–H and O–H groups in total. The van der Waals surface area contributed by atoms with Gasteiger partial charge in [0.25, 0.3) is 0 Å². The van der Waals surface area contributed by atoms with Crippen molar-refractivity contribution >= 4 is 17.7 Å². The number of benzene rings is 2. The van der Waals surface area contributed by atoms with Crippen molar-refractivity contribution in [1.82, 2.24) is 0 Å². The van der Waals surface area contributed by atoms with Crippen molar-refractivity contribution in [2.45, 2.75) is 6.92 Å². The summed E-state index contributed by atoms with van der Waals surface area (Å²) >= 11 is 0. The Kier molecular flexibility index (Phi) is 4.50. The van der Waals surface area contributed by atoms with Crippen LogP contribution in [0.15, 0.2) is 53.6 Å². The topological polar surface area (TPSA) is 50.7 Å². The van der Waals surface area contributed by atoms with E-state index in [2.05, 4.69) is 10.5 Å². The predicted molar refractivity (Wildman–Crippen MR) is 80.6 cm³/mol. The van der Waals surface area contributed by atoms with E-state index in [9.17, 15) is 4.79 Å². The van der Waals surface area contributed by atoms with Crippen LogP contribution in [0.1, 0.15) is 15.9 Å². The molecular formula is C16H16N2O2. The molecule has 0 aliphatic rings. The number of methoxy groups -OCH3 is 1. The van der Waals surface area contributed by atoms with E-state index in [0.29, 0.717) is 11.3 Å². The minimum Gasteiger partial charge on any atom is -0.496 e. The van der Waals surface area contributed by atoms with Gasteiger partial charge in [0.15, 0.2) is 0 Å². The van der Waals surface area contributed by atoms with Crippen LogP contribution in [0.2, 0.25) is 0 Å². The van der Waals surface area contributed by atoms with E-state index in [1.54, 1.807) is 18.2 Å². The molecule has 20 heavy (non-hydrogen) atoms. The zero-order chi connectivity index (χ0) is 14.4. The van der Waals surface area contributed by atoms with Crippen LogP contribution in [0, 0.1) is 6.92 Å². The first-order valence-corrected chi connectivity index (χ1v) is 6.24. The number of rotatable bonds is 5. The molecule has 0 aliphatic heterocycles. The van der Waals surface area contributed by atoms with Gasteiger partial charge in [0.05, 0.1) is 24.6 Å². The molecular weight excluding hydrogens is 252 g/mol. The van der Waals surface area contributed by atoms with E-state index < -0.39 is 0 Å². The summed E-state index contributed by atoms with van der Waals surface area (Å²) in [5.74, 6) is 0.335. The van der Waals surface area contributed by atoms with Gasteiger partial charge < -0.3 is 4.74 Å². The third kappa shape index (κ3) is 3.45. The summed E-state index contributed by atoms with van der Waals surface area (Å²) in [5, 5.41) is 3.94. The molecule has 2 aromatic carbocycles. The molecule has 0 unspecified atom stereocenters. The Hall–Kier alpha value is -2.62. The summed E-state index contributed by atoms with van der Waals surface area (Å²) < 4.78 is 5.14. The smallest absolute Gasteiger partial charge is 0.209 e. The lowest BCUT2D eigenvalue weighted by atomic mass is 10.1. The highest BCUT2D eigenvalue weighted by atomic mass is 16.5. The number of para-hydroxylation sites is 1. The van der Waals surface area contributed by atoms with Crippen LogP contribution in [-0.4, -0.2) is 19.1 Å². The van der Waals surface area contributed by atoms with Gasteiger partial charge in [0.2, 0.25) is 5.78 Å². The Labute approximate surface area is 118 Å². The number of aryl methyl sites for hydroxylation is 1. The van der Waals surface area contributed by atoms with E-state index >= 15 is 0 Å². The Bertz CT molecular complexity index is 619. The maximum Gasteiger partial charge on any atom is 0.209 e. The molecule has 4 nitrogen and oxygen atoms in total. The lowest BCUT2D eigenvalue weighted by Crippen LogP contribution is -2.04. The highest BCUT2D eigenvalue weighted by Gasteiger charge is 2.08. The number of hydrogen-bond donors (Lipinski definition) is 1. The highest BCUT2D eigenvalue weighted by molar-refractivity contribution is 6.36. The van der Waals surface area contributed by atoms with Gasteiger partial charge in [-0.3, -0.25) is 10.2 Å². The molecule has 2 aromatic rings. The van der Waals surface area contributed by atoms with Gasteiger partial charge in [-0.05, 0) is 31.2 Å². The van der Waals surface area contributed by atoms with Gasteiger partial charge in [-0.15, -0.1) is 0 Å². The SMILES string of the molecule is COc1ccccc1C(=O)/C=N/Nc1ccc(C)cc1. The third-order valence-electron chi connectivity index (χ3n) is 2.80. The molecule has 2 rings (SSSR count). The van der Waals surface area contributed by atoms with Crippen LogP contribution in [0.25, 0.3) is 0 Å². The van der Waals surface area contributed by atoms with Crippen LogP contribution in [0.5, 0.6) is 5.75 Å². The number of ketones is 1. The maximum atomic E-state index is 12.0. The molecule has 0 heterocycles. The number of nitrogens with zero attached hydrogens (tertiary/aromatic N) is 1. The van der Waals surface area contributed by atoms with Crippen molar-refractivity contribution in [3.63, 3.8) is 0 Å². The second-order valence-electron chi connectivity index (χ2n) is 4.30. The number of nitrogens with one attached hydrogen (secondary N) is 1. The largest absolute Gasteiger partial charge is 0.496 e. The van der Waals surface area contributed by atoms with Gasteiger partial charge in [0.1, 0.15) is 5.75 Å². The number of anilines is 1. The molecule has 102 valence electrons. The first-order chi connectivity index (χ1) is 9.70. The molecule has 0 aromatic heterocycles. The third-order valence-corrected chi connectivity index (χ3v) is 2.80. The fourth-order valence-corrected chi connectivity index (χ4v) is 1.71. The lowest BCUT2D eigenvalue weighted by molar-refractivity contribution is 0.106. The minimum atomic E-state index is -0.206. The number of ether oxygens (including phenoxy) is 1. The standard InChI is InChI=1S/C16H16N2O2/c1-12-7-9-13(10-8-12)18-17-11-15(19)14-5-3-4-6-16(14)20-2/h3-11,18H,1-2H3/b17-11+. The molecule has 0 atom stereocenters. The fourth-order valence-electron chi connectivity index (χ4n) is 1.71. The van der Waals surface area contributed by atoms with E-state index in [1.807, 2.05) is 37.3 Å². The normalized spacial score (nSPS) is 10.5. The molecule has 0 fully saturated rings. The predicted octanol–water partition coefficient (Wildman–Crippen LogP) is 3.28. The van der Waals surface area contributed by atoms with Crippen molar-refractivity contribution in [3.8, 4) is 5.75 Å². The summed E-state index contributed by atoms with van der Waals surface area (Å²) in [5.41, 5.74) is 5.31. The first kappa shape index (κ1) is 13.8. The van der Waals surface area contributed by atoms with Crippen molar-refractivity contribution in [2.24, 2.45) is 5.10 Å². The summed E-state index contributed by atoms with van der Waals surface area (Å²) in [4.78, 5) is 12.0. The summed E-state index contributed by atoms with van der Waals surface area (Å²) in [6, 6.07) is 14.8. The summed E-state index contributed by atoms with van der Waals surface area (Å²) in [6.07, 6.45) is 1.25. The van der Waals surface area contributed by atoms with Crippen molar-refractivity contribution in [1.29, 1.82) is 0 Å². The average molecular weight is 268 g/mol. The van der Waals surface area contributed by atoms with E-state index in [1.165, 1.54) is 18.9 Å². The van der Waals surface area contributed by atoms with Crippen molar-refractivity contribution in [3.05, 3.63) is 59.7 Å². The van der Waals surface area contributed by atoms with Crippen LogP contribution < -0.4 is 10.2 Å². The Morgan fingerprint density at radius 1 is 1.15 bits per heavy atom. The molecule has 4 heteroatoms. The lowest BCUT2D eigenvalue weighted by Gasteiger charge is -2.04. The van der Waals surface area contributed by atoms with Crippen LogP contribution >= 0.6 is 0 Å². The molecule has 0 bridgehead atoms. The quantitative estimate of drug-likeness (QED) is 0.514. The highest BCUT2D eigenvalue weighted by Crippen LogP contribution is 2.17. The zero-order valence-electron chi connectivity index (χ0n) is 11.5. The van der Waals surface area contributed by atoms with E-state index in [-0.39, 0.29) is 5.78 Å². The van der Waals surface area contributed by atoms with Gasteiger partial charge in [-0.1, -0.05) is 29.8 Å². The van der Waals surface area contributed by atoms with Gasteiger partial charge >= 0.3 is 0 Å². The van der Waals surface area contributed by atoms with Gasteiger partial charge in [-0.25, -0.2) is 0 Å². The fraction of sp³-hybridized carbons (Fsp3) is 0.125. The minimum absolute atomic E-state index is 0.206. The molecule has 0 spiro atoms. The molecule has 0 saturated carbocycles. The monoisotopic (exact) mass is 268 g/mol. The maximum absolute atomic E-state index is 12.0. The molecule has 0 saturated heterocycles. The molecule has 0 radical (unpaired) electrons. The van der Waals surface area contributed by atoms with Gasteiger partial charge in [-0.2, -0.15) is 5.10 Å². The summed E-state index contributed by atoms with van der Waals surface area (Å²) in [7, 11) is 1.54. The number of carbonyl (C=O) groups excluding carboxylic acids is 1. The van der Waals surface area contributed by atoms with Crippen LogP contribution in [0.4, 0.5) is 5.69 Å². The molecule has 0 amide bonds. The first-order valence-electron chi connectivity index (χ1n) is 6.24. The number of Topliss-reactive ketones (excluding diaryl/α,β-unsaturated/α-hetero) is 1. The van der Waals surface area contributed by atoms with Crippen LogP contribution in [-0.2, 0) is 0 Å². The number of hydrogen-bond acceptors (Lipinski definition) is 4. The second-order valence-corrected chi connectivity index (χ2v) is 4.30. The second kappa shape index (κ2) is 6.52. The number of carbonyl (C=O) groups is 1. The Morgan fingerprint density at radius 2 is 1.85 bits per heavy atom. The molecule has 0 aliphatic carbocycles. The van der Waals surface area contributed by atoms with Crippen LogP contribution in [0.3, 0.4) is 0 Å². The Morgan fingerprint density at radius 3 is 2.55 bits per heavy atom. The zero-order valence-corrected chi connectivity index (χ0v) is 11.5. The Balaban J connectivity index is 2.04. The van der Waals surface area contributed by atoms with Crippen molar-refractivity contribution in [2.75, 3.05) is 12.5 Å². The van der Waals surface area contributed by atoms with Crippen molar-refractivity contribution < 1.29 is 9.53 Å². The summed E-state index contributed by atoms with van der Waals surface area (Å²) in [6.45, 7) is 2.01. The van der Waals surface area contributed by atoms with E-state index in [4.69, 9.17) is 4.74 Å². The average Bonchev–Trinajstić information content (AvgIpc) is 2.49.